The first-order valence-electron chi connectivity index (χ1n) is 14.7. The van der Waals surface area contributed by atoms with Gasteiger partial charge in [0.2, 0.25) is 0 Å². The van der Waals surface area contributed by atoms with Crippen molar-refractivity contribution in [1.29, 1.82) is 0 Å². The Morgan fingerprint density at radius 2 is 1.66 bits per heavy atom. The van der Waals surface area contributed by atoms with Crippen LogP contribution in [0.15, 0.2) is 66.9 Å². The van der Waals surface area contributed by atoms with Gasteiger partial charge < -0.3 is 0 Å². The van der Waals surface area contributed by atoms with Gasteiger partial charge in [0, 0.05) is 45.6 Å². The van der Waals surface area contributed by atoms with Gasteiger partial charge in [-0.3, -0.25) is 9.67 Å². The lowest BCUT2D eigenvalue weighted by atomic mass is 9.86. The van der Waals surface area contributed by atoms with E-state index in [0.29, 0.717) is 11.4 Å². The number of pyridine rings is 1. The molecule has 0 radical (unpaired) electrons. The molecule has 1 aliphatic carbocycles. The second kappa shape index (κ2) is 10.8. The van der Waals surface area contributed by atoms with Gasteiger partial charge in [-0.25, -0.2) is 4.68 Å². The average molecular weight is 554 g/mol. The molecule has 1 saturated carbocycles. The molecular formula is C34H37F2N5. The van der Waals surface area contributed by atoms with E-state index in [1.165, 1.54) is 54.6 Å². The number of rotatable bonds is 7. The number of aromatic nitrogens is 5. The summed E-state index contributed by atoms with van der Waals surface area (Å²) in [6.45, 7) is 7.96. The highest BCUT2D eigenvalue weighted by molar-refractivity contribution is 5.94. The molecule has 5 aromatic rings. The molecule has 41 heavy (non-hydrogen) atoms. The van der Waals surface area contributed by atoms with Gasteiger partial charge in [-0.1, -0.05) is 75.6 Å². The minimum atomic E-state index is -3.04. The van der Waals surface area contributed by atoms with Gasteiger partial charge in [-0.2, -0.15) is 19.0 Å². The fourth-order valence-corrected chi connectivity index (χ4v) is 6.42. The first-order valence-corrected chi connectivity index (χ1v) is 14.7. The number of nitrogens with zero attached hydrogens (tertiary/aromatic N) is 5. The Balaban J connectivity index is 1.40. The molecule has 1 aliphatic rings. The molecule has 5 nitrogen and oxygen atoms in total. The van der Waals surface area contributed by atoms with Crippen molar-refractivity contribution in [3.05, 3.63) is 95.1 Å². The molecular weight excluding hydrogens is 516 g/mol. The van der Waals surface area contributed by atoms with Crippen LogP contribution < -0.4 is 0 Å². The van der Waals surface area contributed by atoms with Gasteiger partial charge in [0.1, 0.15) is 6.54 Å². The van der Waals surface area contributed by atoms with Gasteiger partial charge >= 0.3 is 0 Å². The molecule has 0 unspecified atom stereocenters. The first-order chi connectivity index (χ1) is 19.7. The van der Waals surface area contributed by atoms with Crippen molar-refractivity contribution in [3.63, 3.8) is 0 Å². The van der Waals surface area contributed by atoms with Crippen LogP contribution in [-0.4, -0.2) is 24.5 Å². The molecule has 3 heterocycles. The van der Waals surface area contributed by atoms with E-state index >= 15 is 8.78 Å². The van der Waals surface area contributed by atoms with E-state index < -0.39 is 12.5 Å². The van der Waals surface area contributed by atoms with Crippen LogP contribution in [0.3, 0.4) is 0 Å². The standard InChI is InChI=1S/C34H37F2N5/c1-22(2)32-24(4)41(31-19-18-29(37-23(31)3)25-12-7-5-8-13-25)39-33(32)27-16-11-17-30-28(27)20-40(38-30)21-34(35,36)26-14-9-6-10-15-26/h6,9-11,14-20,22,25H,5,7-8,12-13,21H2,1-4H3. The normalized spacial score (nSPS) is 14.8. The number of benzene rings is 2. The van der Waals surface area contributed by atoms with Crippen molar-refractivity contribution < 1.29 is 8.78 Å². The van der Waals surface area contributed by atoms with E-state index in [-0.39, 0.29) is 11.5 Å². The van der Waals surface area contributed by atoms with Gasteiger partial charge in [-0.05, 0) is 50.8 Å². The molecule has 0 spiro atoms. The summed E-state index contributed by atoms with van der Waals surface area (Å²) in [6.07, 6.45) is 8.02. The van der Waals surface area contributed by atoms with Crippen LogP contribution in [0.25, 0.3) is 27.8 Å². The second-order valence-corrected chi connectivity index (χ2v) is 11.7. The fraction of sp³-hybridized carbons (Fsp3) is 0.382. The lowest BCUT2D eigenvalue weighted by Gasteiger charge is -2.22. The number of hydrogen-bond acceptors (Lipinski definition) is 3. The van der Waals surface area contributed by atoms with E-state index in [1.807, 2.05) is 22.9 Å². The van der Waals surface area contributed by atoms with E-state index in [4.69, 9.17) is 10.1 Å². The van der Waals surface area contributed by atoms with Crippen LogP contribution in [0.5, 0.6) is 0 Å². The average Bonchev–Trinajstić information content (AvgIpc) is 3.53. The SMILES string of the molecule is Cc1nc(C2CCCCC2)ccc1-n1nc(-c2cccc3nn(CC(F)(F)c4ccccc4)cc23)c(C(C)C)c1C. The predicted molar refractivity (Wildman–Crippen MR) is 160 cm³/mol. The van der Waals surface area contributed by atoms with Gasteiger partial charge in [-0.15, -0.1) is 0 Å². The monoisotopic (exact) mass is 553 g/mol. The minimum absolute atomic E-state index is 0.0188. The molecule has 0 aliphatic heterocycles. The molecule has 6 rings (SSSR count). The molecule has 1 fully saturated rings. The Bertz CT molecular complexity index is 1680. The van der Waals surface area contributed by atoms with Crippen molar-refractivity contribution in [2.45, 2.75) is 84.1 Å². The predicted octanol–water partition coefficient (Wildman–Crippen LogP) is 8.86. The molecule has 212 valence electrons. The summed E-state index contributed by atoms with van der Waals surface area (Å²) >= 11 is 0. The maximum absolute atomic E-state index is 15.1. The highest BCUT2D eigenvalue weighted by Gasteiger charge is 2.33. The maximum atomic E-state index is 15.1. The molecule has 0 amide bonds. The quantitative estimate of drug-likeness (QED) is 0.202. The lowest BCUT2D eigenvalue weighted by molar-refractivity contribution is -0.0252. The van der Waals surface area contributed by atoms with Crippen LogP contribution in [0, 0.1) is 13.8 Å². The van der Waals surface area contributed by atoms with E-state index in [0.717, 1.165) is 39.3 Å². The van der Waals surface area contributed by atoms with Gasteiger partial charge in [0.15, 0.2) is 0 Å². The van der Waals surface area contributed by atoms with Crippen LogP contribution >= 0.6 is 0 Å². The zero-order valence-electron chi connectivity index (χ0n) is 24.2. The number of halogens is 2. The van der Waals surface area contributed by atoms with E-state index in [9.17, 15) is 0 Å². The van der Waals surface area contributed by atoms with Crippen LogP contribution in [0.4, 0.5) is 8.78 Å². The van der Waals surface area contributed by atoms with E-state index in [1.54, 1.807) is 24.4 Å². The molecule has 0 atom stereocenters. The topological polar surface area (TPSA) is 48.5 Å². The highest BCUT2D eigenvalue weighted by atomic mass is 19.3. The van der Waals surface area contributed by atoms with Crippen LogP contribution in [0.1, 0.15) is 86.0 Å². The Hall–Kier alpha value is -3.87. The smallest absolute Gasteiger partial charge is 0.265 e. The Kier molecular flexibility index (Phi) is 7.22. The molecule has 2 aromatic carbocycles. The van der Waals surface area contributed by atoms with Crippen molar-refractivity contribution in [2.75, 3.05) is 0 Å². The molecule has 7 heteroatoms. The molecule has 0 bridgehead atoms. The summed E-state index contributed by atoms with van der Waals surface area (Å²) in [5, 5.41) is 10.5. The van der Waals surface area contributed by atoms with Crippen molar-refractivity contribution >= 4 is 10.9 Å². The maximum Gasteiger partial charge on any atom is 0.292 e. The lowest BCUT2D eigenvalue weighted by Crippen LogP contribution is -2.21. The number of hydrogen-bond donors (Lipinski definition) is 0. The largest absolute Gasteiger partial charge is 0.292 e. The molecule has 0 N–H and O–H groups in total. The number of alkyl halides is 2. The zero-order chi connectivity index (χ0) is 28.7. The number of aryl methyl sites for hydroxylation is 1. The van der Waals surface area contributed by atoms with Crippen molar-refractivity contribution in [2.24, 2.45) is 0 Å². The van der Waals surface area contributed by atoms with E-state index in [2.05, 4.69) is 44.9 Å². The fourth-order valence-electron chi connectivity index (χ4n) is 6.42. The second-order valence-electron chi connectivity index (χ2n) is 11.7. The Morgan fingerprint density at radius 3 is 2.37 bits per heavy atom. The summed E-state index contributed by atoms with van der Waals surface area (Å²) in [6, 6.07) is 18.1. The first kappa shape index (κ1) is 27.3. The van der Waals surface area contributed by atoms with Crippen molar-refractivity contribution in [1.82, 2.24) is 24.5 Å². The molecule has 3 aromatic heterocycles. The third kappa shape index (κ3) is 5.18. The zero-order valence-corrected chi connectivity index (χ0v) is 24.2. The summed E-state index contributed by atoms with van der Waals surface area (Å²) in [5.74, 6) is -2.29. The molecule has 0 saturated heterocycles. The van der Waals surface area contributed by atoms with Crippen LogP contribution in [-0.2, 0) is 12.5 Å². The third-order valence-corrected chi connectivity index (χ3v) is 8.48. The van der Waals surface area contributed by atoms with Crippen LogP contribution in [0.2, 0.25) is 0 Å². The summed E-state index contributed by atoms with van der Waals surface area (Å²) < 4.78 is 33.6. The summed E-state index contributed by atoms with van der Waals surface area (Å²) in [4.78, 5) is 5.04. The Morgan fingerprint density at radius 1 is 0.902 bits per heavy atom. The third-order valence-electron chi connectivity index (χ3n) is 8.48. The number of fused-ring (bicyclic) bond motifs is 1. The summed E-state index contributed by atoms with van der Waals surface area (Å²) in [7, 11) is 0. The minimum Gasteiger partial charge on any atom is -0.265 e. The highest BCUT2D eigenvalue weighted by Crippen LogP contribution is 2.38. The van der Waals surface area contributed by atoms with Crippen molar-refractivity contribution in [3.8, 4) is 16.9 Å². The van der Waals surface area contributed by atoms with Gasteiger partial charge in [0.25, 0.3) is 5.92 Å². The summed E-state index contributed by atoms with van der Waals surface area (Å²) in [5.41, 5.74) is 7.72. The van der Waals surface area contributed by atoms with Gasteiger partial charge in [0.05, 0.1) is 22.6 Å². The Labute approximate surface area is 240 Å².